The van der Waals surface area contributed by atoms with Crippen LogP contribution in [-0.4, -0.2) is 79.8 Å². The summed E-state index contributed by atoms with van der Waals surface area (Å²) in [5, 5.41) is 2.68. The maximum Gasteiger partial charge on any atom is 0.433 e. The minimum Gasteiger partial charge on any atom is -0.444 e. The first-order valence-electron chi connectivity index (χ1n) is 14.7. The summed E-state index contributed by atoms with van der Waals surface area (Å²) in [5.74, 6) is 6.13. The number of nitrogens with one attached hydrogen (secondary N) is 1. The Hall–Kier alpha value is -4.63. The van der Waals surface area contributed by atoms with E-state index in [4.69, 9.17) is 14.5 Å². The second kappa shape index (κ2) is 15.1. The van der Waals surface area contributed by atoms with Gasteiger partial charge in [0.15, 0.2) is 0 Å². The lowest BCUT2D eigenvalue weighted by Crippen LogP contribution is -2.38. The Balaban J connectivity index is 1.99. The fourth-order valence-corrected chi connectivity index (χ4v) is 4.32. The second-order valence-corrected chi connectivity index (χ2v) is 11.6. The highest BCUT2D eigenvalue weighted by Gasteiger charge is 2.34. The average molecular weight is 640 g/mol. The summed E-state index contributed by atoms with van der Waals surface area (Å²) in [7, 11) is 1.62. The molecule has 1 fully saturated rings. The number of ether oxygens (including phenoxy) is 2. The summed E-state index contributed by atoms with van der Waals surface area (Å²) in [6, 6.07) is 8.48. The number of pyridine rings is 1. The third-order valence-electron chi connectivity index (χ3n) is 6.95. The van der Waals surface area contributed by atoms with Crippen LogP contribution in [0, 0.1) is 18.8 Å². The van der Waals surface area contributed by atoms with E-state index in [1.165, 1.54) is 17.9 Å². The Morgan fingerprint density at radius 2 is 1.87 bits per heavy atom. The first-order valence-corrected chi connectivity index (χ1v) is 14.7. The molecule has 46 heavy (non-hydrogen) atoms. The number of hydrogen-bond donors (Lipinski definition) is 1. The minimum absolute atomic E-state index is 0.219. The van der Waals surface area contributed by atoms with Gasteiger partial charge in [-0.3, -0.25) is 14.7 Å². The summed E-state index contributed by atoms with van der Waals surface area (Å²) >= 11 is 0. The normalized spacial score (nSPS) is 15.0. The van der Waals surface area contributed by atoms with Crippen molar-refractivity contribution >= 4 is 30.2 Å². The number of aryl methyl sites for hydroxylation is 1. The number of carbonyl (C=O) groups excluding carboxylic acids is 2. The lowest BCUT2D eigenvalue weighted by molar-refractivity contribution is -0.112. The Bertz CT molecular complexity index is 1580. The summed E-state index contributed by atoms with van der Waals surface area (Å²) in [4.78, 5) is 36.8. The van der Waals surface area contributed by atoms with E-state index in [0.29, 0.717) is 49.6 Å². The molecule has 12 heteroatoms. The zero-order chi connectivity index (χ0) is 34.2. The van der Waals surface area contributed by atoms with Crippen LogP contribution in [0.3, 0.4) is 0 Å². The molecule has 0 spiro atoms. The number of nitrogens with zero attached hydrogens (tertiary/aromatic N) is 4. The van der Waals surface area contributed by atoms with Gasteiger partial charge in [0.1, 0.15) is 22.8 Å². The molecule has 2 heterocycles. The molecule has 246 valence electrons. The van der Waals surface area contributed by atoms with Crippen LogP contribution < -0.4 is 10.2 Å². The van der Waals surface area contributed by atoms with Gasteiger partial charge in [0, 0.05) is 31.4 Å². The zero-order valence-corrected chi connectivity index (χ0v) is 27.2. The van der Waals surface area contributed by atoms with Gasteiger partial charge in [0.25, 0.3) is 5.91 Å². The number of benzene rings is 1. The quantitative estimate of drug-likeness (QED) is 0.160. The monoisotopic (exact) mass is 639 g/mol. The molecule has 0 radical (unpaired) electrons. The average Bonchev–Trinajstić information content (AvgIpc) is 2.99. The Labute approximate surface area is 268 Å². The molecule has 1 atom stereocenters. The van der Waals surface area contributed by atoms with Gasteiger partial charge in [-0.05, 0) is 101 Å². The number of amides is 2. The van der Waals surface area contributed by atoms with Gasteiger partial charge in [0.2, 0.25) is 0 Å². The number of aliphatic imine (C=N–C) groups is 1. The van der Waals surface area contributed by atoms with Crippen LogP contribution in [0.4, 0.5) is 29.5 Å². The van der Waals surface area contributed by atoms with Gasteiger partial charge in [0.05, 0.1) is 19.3 Å². The molecule has 3 rings (SSSR count). The molecule has 1 aliphatic rings. The third kappa shape index (κ3) is 9.94. The standard InChI is InChI=1S/C34H40F3N5O4/c1-9-24(19-29(38-7)34(35,36)37)31(43)40-27-12-10-22(2)28(21-27)25-18-26(39-30(20-25)42-14-16-45-17-15-42)13-11-23(3)41(8)32(44)46-33(4,5)6/h9-10,12,18-21,23H,7,14-17H2,1-6,8H3,(H,40,43)/b24-9+,29-19-/t23-/m1/s1. The SMILES string of the molecule is C=N/C(=C\C(=C/C)C(=O)Nc1ccc(C)c(-c2cc(C#C[C@@H](C)N(C)C(=O)OC(C)(C)C)nc(N3CCOCC3)c2)c1)C(F)(F)F. The number of anilines is 2. The van der Waals surface area contributed by atoms with Crippen LogP contribution in [0.1, 0.15) is 45.9 Å². The summed E-state index contributed by atoms with van der Waals surface area (Å²) in [6.45, 7) is 15.9. The van der Waals surface area contributed by atoms with E-state index >= 15 is 0 Å². The number of rotatable bonds is 7. The number of aromatic nitrogens is 1. The maximum atomic E-state index is 13.2. The molecule has 1 aromatic carbocycles. The third-order valence-corrected chi connectivity index (χ3v) is 6.95. The van der Waals surface area contributed by atoms with Crippen molar-refractivity contribution in [2.75, 3.05) is 43.6 Å². The van der Waals surface area contributed by atoms with E-state index in [9.17, 15) is 22.8 Å². The molecule has 1 aliphatic heterocycles. The first kappa shape index (κ1) is 35.8. The van der Waals surface area contributed by atoms with Crippen molar-refractivity contribution in [2.24, 2.45) is 4.99 Å². The van der Waals surface area contributed by atoms with Gasteiger partial charge < -0.3 is 19.7 Å². The fraction of sp³-hybridized carbons (Fsp3) is 0.412. The predicted molar refractivity (Wildman–Crippen MR) is 174 cm³/mol. The smallest absolute Gasteiger partial charge is 0.433 e. The van der Waals surface area contributed by atoms with Crippen molar-refractivity contribution in [3.8, 4) is 23.0 Å². The number of halogens is 3. The summed E-state index contributed by atoms with van der Waals surface area (Å²) in [5.41, 5.74) is 1.13. The predicted octanol–water partition coefficient (Wildman–Crippen LogP) is 6.53. The van der Waals surface area contributed by atoms with Crippen molar-refractivity contribution < 1.29 is 32.2 Å². The molecule has 2 aromatic rings. The number of morpholine rings is 1. The molecule has 1 N–H and O–H groups in total. The fourth-order valence-electron chi connectivity index (χ4n) is 4.32. The Morgan fingerprint density at radius 3 is 2.46 bits per heavy atom. The highest BCUT2D eigenvalue weighted by molar-refractivity contribution is 6.06. The van der Waals surface area contributed by atoms with Gasteiger partial charge in [-0.25, -0.2) is 9.78 Å². The van der Waals surface area contributed by atoms with Crippen molar-refractivity contribution in [3.05, 3.63) is 65.0 Å². The van der Waals surface area contributed by atoms with Crippen LogP contribution in [-0.2, 0) is 14.3 Å². The largest absolute Gasteiger partial charge is 0.444 e. The van der Waals surface area contributed by atoms with E-state index in [2.05, 4.69) is 33.8 Å². The molecule has 2 amide bonds. The maximum absolute atomic E-state index is 13.2. The van der Waals surface area contributed by atoms with Crippen LogP contribution in [0.5, 0.6) is 0 Å². The van der Waals surface area contributed by atoms with Crippen LogP contribution in [0.2, 0.25) is 0 Å². The van der Waals surface area contributed by atoms with E-state index in [-0.39, 0.29) is 5.57 Å². The highest BCUT2D eigenvalue weighted by Crippen LogP contribution is 2.31. The van der Waals surface area contributed by atoms with Gasteiger partial charge in [-0.15, -0.1) is 0 Å². The van der Waals surface area contributed by atoms with Gasteiger partial charge in [-0.1, -0.05) is 18.1 Å². The number of hydrogen-bond acceptors (Lipinski definition) is 7. The topological polar surface area (TPSA) is 96.4 Å². The molecule has 1 saturated heterocycles. The number of carbonyl (C=O) groups is 2. The van der Waals surface area contributed by atoms with Crippen molar-refractivity contribution in [2.45, 2.75) is 59.4 Å². The van der Waals surface area contributed by atoms with Gasteiger partial charge in [-0.2, -0.15) is 13.2 Å². The van der Waals surface area contributed by atoms with Crippen LogP contribution in [0.25, 0.3) is 11.1 Å². The van der Waals surface area contributed by atoms with Crippen LogP contribution >= 0.6 is 0 Å². The molecule has 1 aromatic heterocycles. The van der Waals surface area contributed by atoms with Crippen molar-refractivity contribution in [1.29, 1.82) is 0 Å². The molecule has 0 bridgehead atoms. The summed E-state index contributed by atoms with van der Waals surface area (Å²) in [6.07, 6.45) is -3.32. The van der Waals surface area contributed by atoms with Crippen molar-refractivity contribution in [1.82, 2.24) is 9.88 Å². The summed E-state index contributed by atoms with van der Waals surface area (Å²) < 4.78 is 50.6. The Kier molecular flexibility index (Phi) is 11.8. The molecular formula is C34H40F3N5O4. The zero-order valence-electron chi connectivity index (χ0n) is 27.2. The lowest BCUT2D eigenvalue weighted by Gasteiger charge is -2.28. The van der Waals surface area contributed by atoms with E-state index in [1.807, 2.05) is 19.1 Å². The molecule has 0 aliphatic carbocycles. The minimum atomic E-state index is -4.75. The number of alkyl halides is 3. The second-order valence-electron chi connectivity index (χ2n) is 11.6. The molecule has 0 unspecified atom stereocenters. The first-order chi connectivity index (χ1) is 21.5. The van der Waals surface area contributed by atoms with E-state index < -0.39 is 35.5 Å². The molecule has 0 saturated carbocycles. The van der Waals surface area contributed by atoms with Crippen molar-refractivity contribution in [3.63, 3.8) is 0 Å². The molecular weight excluding hydrogens is 599 g/mol. The van der Waals surface area contributed by atoms with E-state index in [0.717, 1.165) is 16.7 Å². The highest BCUT2D eigenvalue weighted by atomic mass is 19.4. The van der Waals surface area contributed by atoms with Crippen LogP contribution in [0.15, 0.2) is 58.7 Å². The van der Waals surface area contributed by atoms with E-state index in [1.54, 1.807) is 52.9 Å². The Morgan fingerprint density at radius 1 is 1.20 bits per heavy atom. The molecule has 9 nitrogen and oxygen atoms in total. The number of allylic oxidation sites excluding steroid dienone is 2. The lowest BCUT2D eigenvalue weighted by atomic mass is 9.99. The van der Waals surface area contributed by atoms with Gasteiger partial charge >= 0.3 is 12.3 Å².